The molecule has 0 radical (unpaired) electrons. The van der Waals surface area contributed by atoms with Crippen molar-refractivity contribution < 1.29 is 4.79 Å². The first-order valence-electron chi connectivity index (χ1n) is 9.31. The maximum atomic E-state index is 12.2. The first-order chi connectivity index (χ1) is 11.2. The van der Waals surface area contributed by atoms with Crippen molar-refractivity contribution in [1.82, 2.24) is 14.7 Å². The molecule has 2 fully saturated rings. The highest BCUT2D eigenvalue weighted by Crippen LogP contribution is 2.29. The summed E-state index contributed by atoms with van der Waals surface area (Å²) < 4.78 is 2.12. The monoisotopic (exact) mass is 318 g/mol. The Labute approximate surface area is 139 Å². The quantitative estimate of drug-likeness (QED) is 0.904. The SMILES string of the molecule is Cc1cc(NC(=O)CCN2CCCCC2)nn1C1CCCCC1. The van der Waals surface area contributed by atoms with Gasteiger partial charge in [0.1, 0.15) is 0 Å². The Balaban J connectivity index is 1.50. The Morgan fingerprint density at radius 2 is 1.87 bits per heavy atom. The molecule has 3 rings (SSSR count). The molecule has 0 unspecified atom stereocenters. The van der Waals surface area contributed by atoms with Crippen LogP contribution in [0.25, 0.3) is 0 Å². The van der Waals surface area contributed by atoms with Crippen LogP contribution in [0.15, 0.2) is 6.07 Å². The molecule has 1 aromatic rings. The largest absolute Gasteiger partial charge is 0.309 e. The van der Waals surface area contributed by atoms with E-state index in [0.717, 1.165) is 31.1 Å². The third kappa shape index (κ3) is 4.56. The number of aryl methyl sites for hydroxylation is 1. The molecule has 23 heavy (non-hydrogen) atoms. The molecule has 2 aliphatic rings. The van der Waals surface area contributed by atoms with Crippen molar-refractivity contribution in [3.63, 3.8) is 0 Å². The molecule has 128 valence electrons. The summed E-state index contributed by atoms with van der Waals surface area (Å²) in [6.07, 6.45) is 10.8. The van der Waals surface area contributed by atoms with Crippen molar-refractivity contribution in [2.24, 2.45) is 0 Å². The van der Waals surface area contributed by atoms with E-state index in [1.165, 1.54) is 51.4 Å². The van der Waals surface area contributed by atoms with Gasteiger partial charge in [-0.2, -0.15) is 5.10 Å². The van der Waals surface area contributed by atoms with Gasteiger partial charge in [-0.25, -0.2) is 0 Å². The van der Waals surface area contributed by atoms with Gasteiger partial charge in [-0.3, -0.25) is 9.48 Å². The van der Waals surface area contributed by atoms with Crippen LogP contribution in [-0.2, 0) is 4.79 Å². The Morgan fingerprint density at radius 3 is 2.61 bits per heavy atom. The first kappa shape index (κ1) is 16.5. The fourth-order valence-electron chi connectivity index (χ4n) is 3.89. The summed E-state index contributed by atoms with van der Waals surface area (Å²) in [7, 11) is 0. The van der Waals surface area contributed by atoms with Crippen LogP contribution in [0.3, 0.4) is 0 Å². The second-order valence-corrected chi connectivity index (χ2v) is 7.11. The molecular weight excluding hydrogens is 288 g/mol. The predicted octanol–water partition coefficient (Wildman–Crippen LogP) is 3.51. The van der Waals surface area contributed by atoms with Gasteiger partial charge in [-0.05, 0) is 45.7 Å². The minimum absolute atomic E-state index is 0.0869. The highest BCUT2D eigenvalue weighted by molar-refractivity contribution is 5.89. The third-order valence-corrected chi connectivity index (χ3v) is 5.21. The van der Waals surface area contributed by atoms with Gasteiger partial charge in [0.15, 0.2) is 5.82 Å². The smallest absolute Gasteiger partial charge is 0.226 e. The summed E-state index contributed by atoms with van der Waals surface area (Å²) >= 11 is 0. The molecule has 1 aromatic heterocycles. The Morgan fingerprint density at radius 1 is 1.17 bits per heavy atom. The zero-order chi connectivity index (χ0) is 16.1. The Bertz CT molecular complexity index is 513. The fraction of sp³-hybridized carbons (Fsp3) is 0.778. The lowest BCUT2D eigenvalue weighted by Gasteiger charge is -2.25. The molecule has 5 heteroatoms. The van der Waals surface area contributed by atoms with Crippen molar-refractivity contribution in [2.45, 2.75) is 70.8 Å². The topological polar surface area (TPSA) is 50.2 Å². The zero-order valence-corrected chi connectivity index (χ0v) is 14.4. The molecule has 0 aromatic carbocycles. The molecule has 0 bridgehead atoms. The van der Waals surface area contributed by atoms with Gasteiger partial charge in [0, 0.05) is 24.7 Å². The second-order valence-electron chi connectivity index (χ2n) is 7.11. The van der Waals surface area contributed by atoms with Gasteiger partial charge < -0.3 is 10.2 Å². The molecule has 1 aliphatic carbocycles. The van der Waals surface area contributed by atoms with Crippen LogP contribution >= 0.6 is 0 Å². The van der Waals surface area contributed by atoms with E-state index in [4.69, 9.17) is 0 Å². The summed E-state index contributed by atoms with van der Waals surface area (Å²) in [5, 5.41) is 7.62. The molecule has 5 nitrogen and oxygen atoms in total. The number of rotatable bonds is 5. The summed E-state index contributed by atoms with van der Waals surface area (Å²) in [5.41, 5.74) is 1.16. The molecule has 1 amide bonds. The molecule has 0 atom stereocenters. The van der Waals surface area contributed by atoms with Gasteiger partial charge in [0.05, 0.1) is 6.04 Å². The number of nitrogens with one attached hydrogen (secondary N) is 1. The van der Waals surface area contributed by atoms with Gasteiger partial charge in [-0.1, -0.05) is 25.7 Å². The minimum atomic E-state index is 0.0869. The van der Waals surface area contributed by atoms with E-state index in [0.29, 0.717) is 12.5 Å². The molecule has 1 aliphatic heterocycles. The zero-order valence-electron chi connectivity index (χ0n) is 14.4. The number of hydrogen-bond donors (Lipinski definition) is 1. The van der Waals surface area contributed by atoms with Gasteiger partial charge in [0.2, 0.25) is 5.91 Å². The number of aromatic nitrogens is 2. The van der Waals surface area contributed by atoms with Crippen LogP contribution in [0.2, 0.25) is 0 Å². The summed E-state index contributed by atoms with van der Waals surface area (Å²) in [5.74, 6) is 0.806. The third-order valence-electron chi connectivity index (χ3n) is 5.21. The number of amides is 1. The average molecular weight is 318 g/mol. The molecule has 1 N–H and O–H groups in total. The molecule has 2 heterocycles. The van der Waals surface area contributed by atoms with E-state index >= 15 is 0 Å². The van der Waals surface area contributed by atoms with E-state index in [1.807, 2.05) is 6.07 Å². The van der Waals surface area contributed by atoms with Crippen LogP contribution < -0.4 is 5.32 Å². The molecule has 1 saturated heterocycles. The van der Waals surface area contributed by atoms with Crippen molar-refractivity contribution in [1.29, 1.82) is 0 Å². The van der Waals surface area contributed by atoms with Crippen molar-refractivity contribution in [3.8, 4) is 0 Å². The normalized spacial score (nSPS) is 20.6. The second kappa shape index (κ2) is 7.95. The van der Waals surface area contributed by atoms with Gasteiger partial charge in [-0.15, -0.1) is 0 Å². The van der Waals surface area contributed by atoms with Gasteiger partial charge >= 0.3 is 0 Å². The van der Waals surface area contributed by atoms with Crippen molar-refractivity contribution >= 4 is 11.7 Å². The number of hydrogen-bond acceptors (Lipinski definition) is 3. The van der Waals surface area contributed by atoms with E-state index < -0.39 is 0 Å². The minimum Gasteiger partial charge on any atom is -0.309 e. The van der Waals surface area contributed by atoms with E-state index in [9.17, 15) is 4.79 Å². The highest BCUT2D eigenvalue weighted by Gasteiger charge is 2.19. The van der Waals surface area contributed by atoms with Crippen molar-refractivity contribution in [2.75, 3.05) is 25.0 Å². The predicted molar refractivity (Wildman–Crippen MR) is 92.6 cm³/mol. The van der Waals surface area contributed by atoms with Crippen LogP contribution in [0.4, 0.5) is 5.82 Å². The molecule has 1 saturated carbocycles. The Hall–Kier alpha value is -1.36. The van der Waals surface area contributed by atoms with E-state index in [2.05, 4.69) is 26.9 Å². The summed E-state index contributed by atoms with van der Waals surface area (Å²) in [6, 6.07) is 2.52. The lowest BCUT2D eigenvalue weighted by molar-refractivity contribution is -0.116. The number of carbonyl (C=O) groups is 1. The van der Waals surface area contributed by atoms with Crippen LogP contribution in [-0.4, -0.2) is 40.2 Å². The lowest BCUT2D eigenvalue weighted by Crippen LogP contribution is -2.32. The highest BCUT2D eigenvalue weighted by atomic mass is 16.1. The number of piperidine rings is 1. The van der Waals surface area contributed by atoms with Crippen LogP contribution in [0.5, 0.6) is 0 Å². The van der Waals surface area contributed by atoms with Crippen LogP contribution in [0, 0.1) is 6.92 Å². The summed E-state index contributed by atoms with van der Waals surface area (Å²) in [6.45, 7) is 5.24. The van der Waals surface area contributed by atoms with Gasteiger partial charge in [0.25, 0.3) is 0 Å². The number of carbonyl (C=O) groups excluding carboxylic acids is 1. The van der Waals surface area contributed by atoms with E-state index in [1.54, 1.807) is 0 Å². The number of anilines is 1. The maximum absolute atomic E-state index is 12.2. The molecular formula is C18H30N4O. The summed E-state index contributed by atoms with van der Waals surface area (Å²) in [4.78, 5) is 14.6. The van der Waals surface area contributed by atoms with E-state index in [-0.39, 0.29) is 5.91 Å². The Kier molecular flexibility index (Phi) is 5.70. The number of likely N-dealkylation sites (tertiary alicyclic amines) is 1. The van der Waals surface area contributed by atoms with Crippen molar-refractivity contribution in [3.05, 3.63) is 11.8 Å². The average Bonchev–Trinajstić information content (AvgIpc) is 2.95. The first-order valence-corrected chi connectivity index (χ1v) is 9.31. The fourth-order valence-corrected chi connectivity index (χ4v) is 3.89. The lowest BCUT2D eigenvalue weighted by atomic mass is 9.95. The molecule has 0 spiro atoms. The standard InChI is InChI=1S/C18H30N4O/c1-15-14-17(20-22(15)16-8-4-2-5-9-16)19-18(23)10-13-21-11-6-3-7-12-21/h14,16H,2-13H2,1H3,(H,19,20,23). The maximum Gasteiger partial charge on any atom is 0.226 e. The van der Waals surface area contributed by atoms with Crippen LogP contribution in [0.1, 0.15) is 69.5 Å². The number of nitrogens with zero attached hydrogens (tertiary/aromatic N) is 3.